The highest BCUT2D eigenvalue weighted by molar-refractivity contribution is 5.91. The van der Waals surface area contributed by atoms with Crippen molar-refractivity contribution in [2.75, 3.05) is 71.3 Å². The number of carbonyl (C=O) groups is 3. The van der Waals surface area contributed by atoms with Crippen LogP contribution in [-0.2, 0) is 16.0 Å². The van der Waals surface area contributed by atoms with Crippen LogP contribution in [0, 0.1) is 6.92 Å². The molecule has 0 bridgehead atoms. The molecule has 12 nitrogen and oxygen atoms in total. The normalized spacial score (nSPS) is 21.6. The van der Waals surface area contributed by atoms with Crippen LogP contribution in [0.15, 0.2) is 42.7 Å². The van der Waals surface area contributed by atoms with Crippen molar-refractivity contribution in [1.82, 2.24) is 34.5 Å². The third-order valence-corrected chi connectivity index (χ3v) is 11.3. The van der Waals surface area contributed by atoms with Crippen molar-refractivity contribution in [3.05, 3.63) is 59.4 Å². The van der Waals surface area contributed by atoms with Crippen LogP contribution < -0.4 is 5.32 Å². The molecule has 3 saturated heterocycles. The number of benzene rings is 2. The number of aryl methyl sites for hydroxylation is 1. The van der Waals surface area contributed by atoms with Gasteiger partial charge < -0.3 is 34.6 Å². The largest absolute Gasteiger partial charge is 0.435 e. The summed E-state index contributed by atoms with van der Waals surface area (Å²) in [7, 11) is 2.18. The van der Waals surface area contributed by atoms with Crippen molar-refractivity contribution in [2.45, 2.75) is 70.1 Å². The van der Waals surface area contributed by atoms with Gasteiger partial charge in [0, 0.05) is 69.5 Å². The summed E-state index contributed by atoms with van der Waals surface area (Å²) in [5, 5.41) is 3.07. The van der Waals surface area contributed by atoms with Gasteiger partial charge in [-0.05, 0) is 88.0 Å². The van der Waals surface area contributed by atoms with Crippen molar-refractivity contribution in [2.24, 2.45) is 0 Å². The van der Waals surface area contributed by atoms with Gasteiger partial charge in [0.2, 0.25) is 0 Å². The van der Waals surface area contributed by atoms with Crippen LogP contribution in [0.5, 0.6) is 0 Å². The lowest BCUT2D eigenvalue weighted by molar-refractivity contribution is -0.144. The van der Waals surface area contributed by atoms with Gasteiger partial charge in [0.05, 0.1) is 17.4 Å². The van der Waals surface area contributed by atoms with Crippen LogP contribution in [0.25, 0.3) is 11.0 Å². The molecule has 2 N–H and O–H groups in total. The molecule has 5 heterocycles. The molecular formula is C37H50N8O4. The van der Waals surface area contributed by atoms with Gasteiger partial charge in [-0.3, -0.25) is 9.69 Å². The number of likely N-dealkylation sites (tertiary alicyclic amines) is 2. The van der Waals surface area contributed by atoms with Gasteiger partial charge >= 0.3 is 12.1 Å². The van der Waals surface area contributed by atoms with Crippen LogP contribution in [0.2, 0.25) is 0 Å². The zero-order valence-corrected chi connectivity index (χ0v) is 29.1. The summed E-state index contributed by atoms with van der Waals surface area (Å²) in [5.74, 6) is -0.512. The van der Waals surface area contributed by atoms with Gasteiger partial charge in [0.25, 0.3) is 5.91 Å². The van der Waals surface area contributed by atoms with Gasteiger partial charge in [-0.25, -0.2) is 14.6 Å². The number of nitrogens with zero attached hydrogens (tertiary/aromatic N) is 6. The number of anilines is 1. The van der Waals surface area contributed by atoms with Gasteiger partial charge in [0.1, 0.15) is 0 Å². The lowest BCUT2D eigenvalue weighted by Gasteiger charge is -2.43. The highest BCUT2D eigenvalue weighted by atomic mass is 16.6. The number of urea groups is 1. The van der Waals surface area contributed by atoms with E-state index >= 15 is 0 Å². The number of para-hydroxylation sites is 1. The first-order valence-corrected chi connectivity index (χ1v) is 18.0. The maximum Gasteiger partial charge on any atom is 0.410 e. The number of hydrogen-bond donors (Lipinski definition) is 2. The highest BCUT2D eigenvalue weighted by Crippen LogP contribution is 2.30. The van der Waals surface area contributed by atoms with Crippen molar-refractivity contribution in [3.8, 4) is 0 Å². The number of carbonyl (C=O) groups excluding carboxylic acids is 3. The van der Waals surface area contributed by atoms with E-state index in [9.17, 15) is 14.4 Å². The molecular weight excluding hydrogens is 620 g/mol. The fourth-order valence-corrected chi connectivity index (χ4v) is 8.18. The van der Waals surface area contributed by atoms with Crippen molar-refractivity contribution in [1.29, 1.82) is 0 Å². The van der Waals surface area contributed by atoms with Crippen LogP contribution in [-0.4, -0.2) is 137 Å². The predicted octanol–water partition coefficient (Wildman–Crippen LogP) is 4.27. The molecule has 4 amide bonds. The predicted molar refractivity (Wildman–Crippen MR) is 189 cm³/mol. The standard InChI is InChI=1S/C37H50N8O4/c1-25-22-28(23-32-33(25)39-24-38-32)26(2)34(35(46)43-20-18-42(19-21-43)29-9-13-41(3)14-10-29)49-37(48)44-15-11-30(12-16-44)45-17-8-27-6-4-5-7-31(27)40-36(45)47/h4-7,22-24,26,29-30,34H,8-21H2,1-3H3,(H,38,39)(H,40,47)/t26-,34?/m1/s1. The minimum atomic E-state index is -0.967. The van der Waals surface area contributed by atoms with E-state index in [4.69, 9.17) is 4.74 Å². The second kappa shape index (κ2) is 14.4. The molecule has 7 rings (SSSR count). The van der Waals surface area contributed by atoms with E-state index in [-0.39, 0.29) is 23.9 Å². The van der Waals surface area contributed by atoms with Crippen LogP contribution in [0.1, 0.15) is 55.2 Å². The number of piperazine rings is 1. The summed E-state index contributed by atoms with van der Waals surface area (Å²) in [5.41, 5.74) is 5.74. The summed E-state index contributed by atoms with van der Waals surface area (Å²) < 4.78 is 6.23. The van der Waals surface area contributed by atoms with Crippen molar-refractivity contribution in [3.63, 3.8) is 0 Å². The molecule has 4 aliphatic heterocycles. The highest BCUT2D eigenvalue weighted by Gasteiger charge is 2.39. The molecule has 49 heavy (non-hydrogen) atoms. The van der Waals surface area contributed by atoms with E-state index in [1.807, 2.05) is 47.9 Å². The quantitative estimate of drug-likeness (QED) is 0.403. The Morgan fingerprint density at radius 1 is 0.898 bits per heavy atom. The molecule has 0 aliphatic carbocycles. The minimum absolute atomic E-state index is 0.0270. The minimum Gasteiger partial charge on any atom is -0.435 e. The summed E-state index contributed by atoms with van der Waals surface area (Å²) in [4.78, 5) is 59.3. The lowest BCUT2D eigenvalue weighted by Crippen LogP contribution is -2.57. The number of ether oxygens (including phenoxy) is 1. The molecule has 3 fully saturated rings. The Balaban J connectivity index is 1.02. The number of H-pyrrole nitrogens is 1. The van der Waals surface area contributed by atoms with Gasteiger partial charge in [-0.2, -0.15) is 0 Å². The zero-order chi connectivity index (χ0) is 34.1. The Hall–Kier alpha value is -4.16. The number of nitrogens with one attached hydrogen (secondary N) is 2. The second-order valence-electron chi connectivity index (χ2n) is 14.4. The molecule has 0 radical (unpaired) electrons. The van der Waals surface area contributed by atoms with Crippen LogP contribution in [0.4, 0.5) is 15.3 Å². The van der Waals surface area contributed by atoms with Gasteiger partial charge in [-0.15, -0.1) is 0 Å². The molecule has 2 aromatic carbocycles. The first-order chi connectivity index (χ1) is 23.7. The van der Waals surface area contributed by atoms with E-state index in [0.717, 1.165) is 78.9 Å². The van der Waals surface area contributed by atoms with E-state index in [1.54, 1.807) is 11.2 Å². The Kier molecular flexibility index (Phi) is 9.77. The number of piperidine rings is 2. The SMILES string of the molecule is Cc1cc([C@@H](C)C(OC(=O)N2CCC(N3CCc4ccccc4NC3=O)CC2)C(=O)N2CCN(C3CCN(C)CC3)CC2)cc2nc[nH]c12. The molecule has 1 unspecified atom stereocenters. The van der Waals surface area contributed by atoms with Gasteiger partial charge in [0.15, 0.2) is 6.10 Å². The molecule has 0 saturated carbocycles. The number of fused-ring (bicyclic) bond motifs is 2. The molecule has 4 aliphatic rings. The number of aromatic nitrogens is 2. The van der Waals surface area contributed by atoms with E-state index in [0.29, 0.717) is 51.6 Å². The Morgan fingerprint density at radius 2 is 1.61 bits per heavy atom. The average Bonchev–Trinajstić information content (AvgIpc) is 3.54. The monoisotopic (exact) mass is 670 g/mol. The molecule has 3 aromatic rings. The summed E-state index contributed by atoms with van der Waals surface area (Å²) in [6.07, 6.45) is 4.64. The summed E-state index contributed by atoms with van der Waals surface area (Å²) in [6, 6.07) is 12.5. The Labute approximate surface area is 288 Å². The molecule has 0 spiro atoms. The second-order valence-corrected chi connectivity index (χ2v) is 14.4. The number of amides is 4. The topological polar surface area (TPSA) is 117 Å². The smallest absolute Gasteiger partial charge is 0.410 e. The average molecular weight is 671 g/mol. The lowest BCUT2D eigenvalue weighted by atomic mass is 9.92. The van der Waals surface area contributed by atoms with E-state index < -0.39 is 12.2 Å². The molecule has 2 atom stereocenters. The fraction of sp³-hybridized carbons (Fsp3) is 0.568. The number of imidazole rings is 1. The number of rotatable bonds is 6. The Bertz CT molecular complexity index is 1650. The van der Waals surface area contributed by atoms with Crippen LogP contribution in [0.3, 0.4) is 0 Å². The van der Waals surface area contributed by atoms with E-state index in [1.165, 1.54) is 0 Å². The molecule has 1 aromatic heterocycles. The summed E-state index contributed by atoms with van der Waals surface area (Å²) in [6.45, 7) is 10.7. The number of aromatic amines is 1. The van der Waals surface area contributed by atoms with Crippen molar-refractivity contribution >= 4 is 34.8 Å². The van der Waals surface area contributed by atoms with E-state index in [2.05, 4.69) is 44.3 Å². The first kappa shape index (κ1) is 33.3. The van der Waals surface area contributed by atoms with Crippen LogP contribution >= 0.6 is 0 Å². The maximum absolute atomic E-state index is 14.3. The van der Waals surface area contributed by atoms with Gasteiger partial charge in [-0.1, -0.05) is 31.2 Å². The Morgan fingerprint density at radius 3 is 2.37 bits per heavy atom. The third kappa shape index (κ3) is 7.12. The molecule has 262 valence electrons. The van der Waals surface area contributed by atoms with Crippen molar-refractivity contribution < 1.29 is 19.1 Å². The maximum atomic E-state index is 14.3. The first-order valence-electron chi connectivity index (χ1n) is 18.0. The fourth-order valence-electron chi connectivity index (χ4n) is 8.18. The summed E-state index contributed by atoms with van der Waals surface area (Å²) >= 11 is 0. The third-order valence-electron chi connectivity index (χ3n) is 11.3. The molecule has 12 heteroatoms. The number of hydrogen-bond acceptors (Lipinski definition) is 7. The zero-order valence-electron chi connectivity index (χ0n) is 29.1.